The lowest BCUT2D eigenvalue weighted by Crippen LogP contribution is -2.11. The van der Waals surface area contributed by atoms with Crippen molar-refractivity contribution < 1.29 is 8.83 Å². The molecule has 0 aliphatic rings. The number of benzene rings is 8. The number of hydrogen-bond donors (Lipinski definition) is 0. The first-order valence-corrected chi connectivity index (χ1v) is 16.6. The van der Waals surface area contributed by atoms with Gasteiger partial charge in [0.05, 0.1) is 5.69 Å². The Labute approximate surface area is 282 Å². The molecule has 8 aromatic carbocycles. The predicted octanol–water partition coefficient (Wildman–Crippen LogP) is 13.4. The van der Waals surface area contributed by atoms with Crippen LogP contribution in [0, 0.1) is 0 Å². The lowest BCUT2D eigenvalue weighted by molar-refractivity contribution is 0.670. The van der Waals surface area contributed by atoms with E-state index in [0.29, 0.717) is 0 Å². The molecule has 0 spiro atoms. The van der Waals surface area contributed by atoms with Crippen LogP contribution in [0.1, 0.15) is 0 Å². The van der Waals surface area contributed by atoms with Gasteiger partial charge in [0.2, 0.25) is 0 Å². The van der Waals surface area contributed by atoms with Gasteiger partial charge in [0.1, 0.15) is 22.3 Å². The van der Waals surface area contributed by atoms with Crippen molar-refractivity contribution in [2.75, 3.05) is 4.90 Å². The Morgan fingerprint density at radius 1 is 0.347 bits per heavy atom. The SMILES string of the molecule is c1ccc(-c2ccccc2N(c2ccc(-c3cccc4c3oc3ccccc34)cc2)c2ccc3ccc4c5ccccc5oc4c3c2)cc1. The van der Waals surface area contributed by atoms with Crippen LogP contribution in [0.3, 0.4) is 0 Å². The summed E-state index contributed by atoms with van der Waals surface area (Å²) in [5, 5.41) is 6.74. The van der Waals surface area contributed by atoms with Gasteiger partial charge in [-0.05, 0) is 65.0 Å². The number of para-hydroxylation sites is 4. The molecule has 10 rings (SSSR count). The minimum atomic E-state index is 0.900. The molecule has 0 atom stereocenters. The average Bonchev–Trinajstić information content (AvgIpc) is 3.75. The van der Waals surface area contributed by atoms with E-state index >= 15 is 0 Å². The van der Waals surface area contributed by atoms with Crippen molar-refractivity contribution in [1.29, 1.82) is 0 Å². The van der Waals surface area contributed by atoms with Gasteiger partial charge in [0, 0.05) is 49.4 Å². The predicted molar refractivity (Wildman–Crippen MR) is 204 cm³/mol. The number of furan rings is 2. The van der Waals surface area contributed by atoms with Crippen molar-refractivity contribution in [2.45, 2.75) is 0 Å². The molecule has 0 bridgehead atoms. The van der Waals surface area contributed by atoms with E-state index in [1.54, 1.807) is 0 Å². The van der Waals surface area contributed by atoms with Crippen LogP contribution in [0.4, 0.5) is 17.1 Å². The molecule has 0 fully saturated rings. The molecule has 230 valence electrons. The summed E-state index contributed by atoms with van der Waals surface area (Å²) in [6, 6.07) is 62.0. The van der Waals surface area contributed by atoms with Crippen LogP contribution in [0.15, 0.2) is 185 Å². The molecule has 2 heterocycles. The first kappa shape index (κ1) is 27.5. The number of nitrogens with zero attached hydrogens (tertiary/aromatic N) is 1. The smallest absolute Gasteiger partial charge is 0.143 e. The van der Waals surface area contributed by atoms with Crippen LogP contribution in [-0.4, -0.2) is 0 Å². The fourth-order valence-corrected chi connectivity index (χ4v) is 7.35. The molecule has 49 heavy (non-hydrogen) atoms. The molecular weight excluding hydrogens is 599 g/mol. The lowest BCUT2D eigenvalue weighted by Gasteiger charge is -2.28. The maximum atomic E-state index is 6.50. The second-order valence-electron chi connectivity index (χ2n) is 12.5. The van der Waals surface area contributed by atoms with Crippen LogP contribution in [-0.2, 0) is 0 Å². The number of fused-ring (bicyclic) bond motifs is 8. The standard InChI is InChI=1S/C46H29NO2/c1-2-11-30(12-3-1)35-13-4-7-18-42(35)47(34-27-23-32-24-28-40-38-15-6-9-20-44(38)49-46(40)41(32)29-34)33-25-21-31(22-26-33)36-16-10-17-39-37-14-5-8-19-43(37)48-45(36)39/h1-29H. The van der Waals surface area contributed by atoms with Crippen molar-refractivity contribution in [3.05, 3.63) is 176 Å². The Morgan fingerprint density at radius 3 is 1.71 bits per heavy atom. The molecule has 0 saturated heterocycles. The fourth-order valence-electron chi connectivity index (χ4n) is 7.35. The van der Waals surface area contributed by atoms with Crippen LogP contribution >= 0.6 is 0 Å². The Bertz CT molecular complexity index is 2830. The highest BCUT2D eigenvalue weighted by atomic mass is 16.3. The monoisotopic (exact) mass is 627 g/mol. The highest BCUT2D eigenvalue weighted by molar-refractivity contribution is 6.16. The number of hydrogen-bond acceptors (Lipinski definition) is 3. The van der Waals surface area contributed by atoms with Gasteiger partial charge in [-0.15, -0.1) is 0 Å². The van der Waals surface area contributed by atoms with Gasteiger partial charge >= 0.3 is 0 Å². The van der Waals surface area contributed by atoms with Crippen LogP contribution in [0.2, 0.25) is 0 Å². The van der Waals surface area contributed by atoms with Gasteiger partial charge in [-0.1, -0.05) is 127 Å². The highest BCUT2D eigenvalue weighted by Gasteiger charge is 2.20. The molecule has 0 N–H and O–H groups in total. The quantitative estimate of drug-likeness (QED) is 0.190. The molecule has 3 heteroatoms. The van der Waals surface area contributed by atoms with Crippen molar-refractivity contribution >= 4 is 71.7 Å². The van der Waals surface area contributed by atoms with Crippen LogP contribution in [0.5, 0.6) is 0 Å². The molecule has 0 unspecified atom stereocenters. The second-order valence-corrected chi connectivity index (χ2v) is 12.5. The normalized spacial score (nSPS) is 11.7. The Kier molecular flexibility index (Phi) is 6.18. The maximum Gasteiger partial charge on any atom is 0.143 e. The summed E-state index contributed by atoms with van der Waals surface area (Å²) >= 11 is 0. The van der Waals surface area contributed by atoms with Crippen molar-refractivity contribution in [3.63, 3.8) is 0 Å². The van der Waals surface area contributed by atoms with Crippen molar-refractivity contribution in [1.82, 2.24) is 0 Å². The summed E-state index contributed by atoms with van der Waals surface area (Å²) in [5.74, 6) is 0. The lowest BCUT2D eigenvalue weighted by atomic mass is 9.99. The van der Waals surface area contributed by atoms with E-state index in [4.69, 9.17) is 8.83 Å². The Morgan fingerprint density at radius 2 is 0.918 bits per heavy atom. The molecule has 0 radical (unpaired) electrons. The average molecular weight is 628 g/mol. The van der Waals surface area contributed by atoms with E-state index in [1.165, 1.54) is 0 Å². The van der Waals surface area contributed by atoms with E-state index in [1.807, 2.05) is 24.3 Å². The number of anilines is 3. The zero-order chi connectivity index (χ0) is 32.3. The maximum absolute atomic E-state index is 6.50. The van der Waals surface area contributed by atoms with E-state index < -0.39 is 0 Å². The second kappa shape index (κ2) is 11.0. The van der Waals surface area contributed by atoms with E-state index in [0.717, 1.165) is 94.0 Å². The van der Waals surface area contributed by atoms with Gasteiger partial charge < -0.3 is 13.7 Å². The first-order chi connectivity index (χ1) is 24.3. The van der Waals surface area contributed by atoms with E-state index in [2.05, 4.69) is 157 Å². The summed E-state index contributed by atoms with van der Waals surface area (Å²) < 4.78 is 12.9. The summed E-state index contributed by atoms with van der Waals surface area (Å²) in [4.78, 5) is 2.36. The molecule has 0 aliphatic heterocycles. The summed E-state index contributed by atoms with van der Waals surface area (Å²) in [6.45, 7) is 0. The molecular formula is C46H29NO2. The molecule has 2 aromatic heterocycles. The van der Waals surface area contributed by atoms with Crippen LogP contribution in [0.25, 0.3) is 76.9 Å². The Balaban J connectivity index is 1.17. The third-order valence-electron chi connectivity index (χ3n) is 9.67. The summed E-state index contributed by atoms with van der Waals surface area (Å²) in [7, 11) is 0. The van der Waals surface area contributed by atoms with E-state index in [9.17, 15) is 0 Å². The third-order valence-corrected chi connectivity index (χ3v) is 9.67. The minimum absolute atomic E-state index is 0.900. The van der Waals surface area contributed by atoms with Gasteiger partial charge in [-0.3, -0.25) is 0 Å². The third kappa shape index (κ3) is 4.44. The largest absolute Gasteiger partial charge is 0.455 e. The topological polar surface area (TPSA) is 29.5 Å². The van der Waals surface area contributed by atoms with Crippen LogP contribution < -0.4 is 4.90 Å². The zero-order valence-corrected chi connectivity index (χ0v) is 26.5. The Hall–Kier alpha value is -6.58. The zero-order valence-electron chi connectivity index (χ0n) is 26.5. The van der Waals surface area contributed by atoms with Gasteiger partial charge in [-0.25, -0.2) is 0 Å². The molecule has 10 aromatic rings. The molecule has 3 nitrogen and oxygen atoms in total. The number of rotatable bonds is 5. The van der Waals surface area contributed by atoms with E-state index in [-0.39, 0.29) is 0 Å². The van der Waals surface area contributed by atoms with Crippen molar-refractivity contribution in [3.8, 4) is 22.3 Å². The van der Waals surface area contributed by atoms with Gasteiger partial charge in [-0.2, -0.15) is 0 Å². The molecule has 0 aliphatic carbocycles. The van der Waals surface area contributed by atoms with Crippen molar-refractivity contribution in [2.24, 2.45) is 0 Å². The molecule has 0 amide bonds. The summed E-state index contributed by atoms with van der Waals surface area (Å²) in [5.41, 5.74) is 11.3. The van der Waals surface area contributed by atoms with Gasteiger partial charge in [0.25, 0.3) is 0 Å². The molecule has 0 saturated carbocycles. The highest BCUT2D eigenvalue weighted by Crippen LogP contribution is 2.44. The summed E-state index contributed by atoms with van der Waals surface area (Å²) in [6.07, 6.45) is 0. The first-order valence-electron chi connectivity index (χ1n) is 16.6. The fraction of sp³-hybridized carbons (Fsp3) is 0. The van der Waals surface area contributed by atoms with Gasteiger partial charge in [0.15, 0.2) is 0 Å². The minimum Gasteiger partial charge on any atom is -0.455 e.